The summed E-state index contributed by atoms with van der Waals surface area (Å²) in [6, 6.07) is 16.4. The molecular weight excluding hydrogens is 418 g/mol. The predicted octanol–water partition coefficient (Wildman–Crippen LogP) is 4.70. The van der Waals surface area contributed by atoms with Gasteiger partial charge < -0.3 is 5.32 Å². The van der Waals surface area contributed by atoms with Gasteiger partial charge in [-0.2, -0.15) is 5.10 Å². The van der Waals surface area contributed by atoms with Gasteiger partial charge in [0.1, 0.15) is 0 Å². The molecule has 0 bridgehead atoms. The van der Waals surface area contributed by atoms with Gasteiger partial charge in [-0.3, -0.25) is 9.36 Å². The summed E-state index contributed by atoms with van der Waals surface area (Å²) < 4.78 is 3.96. The zero-order valence-electron chi connectivity index (χ0n) is 18.8. The molecule has 4 rings (SSSR count). The number of carbonyl (C=O) groups is 1. The summed E-state index contributed by atoms with van der Waals surface area (Å²) in [6.45, 7) is 8.61. The molecule has 7 heteroatoms. The first-order valence-corrected chi connectivity index (χ1v) is 11.5. The molecule has 2 heterocycles. The molecule has 0 unspecified atom stereocenters. The maximum absolute atomic E-state index is 12.6. The van der Waals surface area contributed by atoms with Crippen molar-refractivity contribution in [1.82, 2.24) is 24.6 Å². The van der Waals surface area contributed by atoms with Crippen LogP contribution in [0.1, 0.15) is 28.1 Å². The van der Waals surface area contributed by atoms with Gasteiger partial charge in [0, 0.05) is 30.2 Å². The first-order valence-electron chi connectivity index (χ1n) is 10.5. The van der Waals surface area contributed by atoms with Crippen LogP contribution < -0.4 is 5.32 Å². The second kappa shape index (κ2) is 9.44. The van der Waals surface area contributed by atoms with Crippen molar-refractivity contribution in [2.75, 3.05) is 5.75 Å². The van der Waals surface area contributed by atoms with E-state index in [0.29, 0.717) is 12.3 Å². The summed E-state index contributed by atoms with van der Waals surface area (Å²) in [7, 11) is 0. The average molecular weight is 446 g/mol. The van der Waals surface area contributed by atoms with Gasteiger partial charge in [-0.1, -0.05) is 42.1 Å². The summed E-state index contributed by atoms with van der Waals surface area (Å²) in [5.41, 5.74) is 7.46. The fraction of sp³-hybridized carbons (Fsp3) is 0.240. The number of nitrogens with zero attached hydrogens (tertiary/aromatic N) is 4. The number of hydrogen-bond donors (Lipinski definition) is 1. The molecule has 6 nitrogen and oxygen atoms in total. The predicted molar refractivity (Wildman–Crippen MR) is 129 cm³/mol. The number of para-hydroxylation sites is 1. The highest BCUT2D eigenvalue weighted by molar-refractivity contribution is 7.99. The molecule has 0 aliphatic heterocycles. The van der Waals surface area contributed by atoms with Gasteiger partial charge in [0.15, 0.2) is 5.16 Å². The lowest BCUT2D eigenvalue weighted by Gasteiger charge is -2.11. The lowest BCUT2D eigenvalue weighted by Crippen LogP contribution is -2.25. The minimum absolute atomic E-state index is 0.0308. The van der Waals surface area contributed by atoms with E-state index in [2.05, 4.69) is 47.4 Å². The van der Waals surface area contributed by atoms with E-state index in [4.69, 9.17) is 0 Å². The standard InChI is InChI=1S/C25H27N5OS/c1-17-10-11-18(2)23(14-17)29-13-12-26-25(29)32-16-24(31)27-15-22-19(3)28-30(20(22)4)21-8-6-5-7-9-21/h5-14H,15-16H2,1-4H3,(H,27,31). The highest BCUT2D eigenvalue weighted by Crippen LogP contribution is 2.24. The summed E-state index contributed by atoms with van der Waals surface area (Å²) in [6.07, 6.45) is 3.71. The first-order chi connectivity index (χ1) is 15.4. The smallest absolute Gasteiger partial charge is 0.230 e. The zero-order chi connectivity index (χ0) is 22.7. The zero-order valence-corrected chi connectivity index (χ0v) is 19.6. The lowest BCUT2D eigenvalue weighted by molar-refractivity contribution is -0.118. The Balaban J connectivity index is 1.40. The van der Waals surface area contributed by atoms with Crippen LogP contribution in [0.3, 0.4) is 0 Å². The van der Waals surface area contributed by atoms with E-state index in [1.165, 1.54) is 22.9 Å². The number of aryl methyl sites for hydroxylation is 3. The number of rotatable bonds is 7. The number of imidazole rings is 1. The van der Waals surface area contributed by atoms with E-state index in [1.807, 2.05) is 59.6 Å². The van der Waals surface area contributed by atoms with E-state index in [9.17, 15) is 4.79 Å². The second-order valence-corrected chi connectivity index (χ2v) is 8.77. The van der Waals surface area contributed by atoms with Crippen LogP contribution in [0.5, 0.6) is 0 Å². The summed E-state index contributed by atoms with van der Waals surface area (Å²) in [4.78, 5) is 17.0. The fourth-order valence-corrected chi connectivity index (χ4v) is 4.47. The average Bonchev–Trinajstić information content (AvgIpc) is 3.37. The number of amides is 1. The Bertz CT molecular complexity index is 1240. The van der Waals surface area contributed by atoms with E-state index >= 15 is 0 Å². The Kier molecular flexibility index (Phi) is 6.46. The molecule has 4 aromatic rings. The van der Waals surface area contributed by atoms with Crippen LogP contribution >= 0.6 is 11.8 Å². The van der Waals surface area contributed by atoms with Gasteiger partial charge in [-0.05, 0) is 57.0 Å². The van der Waals surface area contributed by atoms with E-state index in [0.717, 1.165) is 33.5 Å². The third kappa shape index (κ3) is 4.62. The van der Waals surface area contributed by atoms with Crippen molar-refractivity contribution in [3.05, 3.63) is 89.0 Å². The van der Waals surface area contributed by atoms with Gasteiger partial charge >= 0.3 is 0 Å². The monoisotopic (exact) mass is 445 g/mol. The van der Waals surface area contributed by atoms with Gasteiger partial charge in [-0.25, -0.2) is 9.67 Å². The van der Waals surface area contributed by atoms with Crippen LogP contribution in [-0.4, -0.2) is 31.0 Å². The molecule has 0 aliphatic rings. The first kappa shape index (κ1) is 21.9. The Morgan fingerprint density at radius 2 is 1.84 bits per heavy atom. The van der Waals surface area contributed by atoms with Crippen LogP contribution in [0.25, 0.3) is 11.4 Å². The summed E-state index contributed by atoms with van der Waals surface area (Å²) in [5, 5.41) is 8.49. The van der Waals surface area contributed by atoms with Gasteiger partial charge in [-0.15, -0.1) is 0 Å². The molecule has 0 spiro atoms. The Hall–Kier alpha value is -3.32. The molecule has 0 aliphatic carbocycles. The third-order valence-corrected chi connectivity index (χ3v) is 6.43. The van der Waals surface area contributed by atoms with Crippen LogP contribution in [0.2, 0.25) is 0 Å². The summed E-state index contributed by atoms with van der Waals surface area (Å²) in [5.74, 6) is 0.268. The molecule has 0 atom stereocenters. The molecule has 1 amide bonds. The van der Waals surface area contributed by atoms with Crippen molar-refractivity contribution in [1.29, 1.82) is 0 Å². The van der Waals surface area contributed by atoms with Crippen molar-refractivity contribution in [3.8, 4) is 11.4 Å². The van der Waals surface area contributed by atoms with E-state index in [-0.39, 0.29) is 5.91 Å². The van der Waals surface area contributed by atoms with Gasteiger partial charge in [0.25, 0.3) is 0 Å². The number of nitrogens with one attached hydrogen (secondary N) is 1. The summed E-state index contributed by atoms with van der Waals surface area (Å²) >= 11 is 1.44. The molecular formula is C25H27N5OS. The highest BCUT2D eigenvalue weighted by atomic mass is 32.2. The Morgan fingerprint density at radius 3 is 2.62 bits per heavy atom. The Morgan fingerprint density at radius 1 is 1.06 bits per heavy atom. The number of aromatic nitrogens is 4. The van der Waals surface area contributed by atoms with E-state index < -0.39 is 0 Å². The van der Waals surface area contributed by atoms with Crippen molar-refractivity contribution >= 4 is 17.7 Å². The van der Waals surface area contributed by atoms with Gasteiger partial charge in [0.2, 0.25) is 5.91 Å². The second-order valence-electron chi connectivity index (χ2n) is 7.83. The molecule has 164 valence electrons. The van der Waals surface area contributed by atoms with Gasteiger partial charge in [0.05, 0.1) is 22.8 Å². The minimum Gasteiger partial charge on any atom is -0.351 e. The van der Waals surface area contributed by atoms with Crippen LogP contribution in [0.4, 0.5) is 0 Å². The SMILES string of the molecule is Cc1ccc(C)c(-n2ccnc2SCC(=O)NCc2c(C)nn(-c3ccccc3)c2C)c1. The number of thioether (sulfide) groups is 1. The largest absolute Gasteiger partial charge is 0.351 e. The molecule has 0 saturated heterocycles. The number of benzene rings is 2. The topological polar surface area (TPSA) is 64.7 Å². The molecule has 2 aromatic heterocycles. The molecule has 0 saturated carbocycles. The number of hydrogen-bond acceptors (Lipinski definition) is 4. The van der Waals surface area contributed by atoms with Crippen LogP contribution in [0.15, 0.2) is 66.1 Å². The quantitative estimate of drug-likeness (QED) is 0.419. The molecule has 0 fully saturated rings. The van der Waals surface area contributed by atoms with Crippen molar-refractivity contribution < 1.29 is 4.79 Å². The normalized spacial score (nSPS) is 11.0. The van der Waals surface area contributed by atoms with Crippen molar-refractivity contribution in [2.45, 2.75) is 39.4 Å². The molecule has 0 radical (unpaired) electrons. The highest BCUT2D eigenvalue weighted by Gasteiger charge is 2.15. The van der Waals surface area contributed by atoms with Crippen LogP contribution in [-0.2, 0) is 11.3 Å². The molecule has 1 N–H and O–H groups in total. The fourth-order valence-electron chi connectivity index (χ4n) is 3.68. The Labute approximate surface area is 192 Å². The lowest BCUT2D eigenvalue weighted by atomic mass is 10.1. The third-order valence-electron chi connectivity index (χ3n) is 5.47. The van der Waals surface area contributed by atoms with E-state index in [1.54, 1.807) is 6.20 Å². The van der Waals surface area contributed by atoms with Crippen molar-refractivity contribution in [3.63, 3.8) is 0 Å². The minimum atomic E-state index is -0.0308. The number of carbonyl (C=O) groups excluding carboxylic acids is 1. The maximum atomic E-state index is 12.6. The molecule has 2 aromatic carbocycles. The van der Waals surface area contributed by atoms with Crippen LogP contribution in [0, 0.1) is 27.7 Å². The molecule has 32 heavy (non-hydrogen) atoms. The van der Waals surface area contributed by atoms with Crippen molar-refractivity contribution in [2.24, 2.45) is 0 Å². The maximum Gasteiger partial charge on any atom is 0.230 e.